The van der Waals surface area contributed by atoms with Crippen molar-refractivity contribution in [3.8, 4) is 61.7 Å². The van der Waals surface area contributed by atoms with Crippen LogP contribution in [-0.4, -0.2) is 4.57 Å². The molecule has 0 amide bonds. The SMILES string of the molecule is C=Cc1ccc(Oc2ccc(C3(c4cc(C)ccc4C)c4ccccc4-c4ccc(N(c5ccc(-c6ccccc6)cc5)c5ccc(-c6ccc7c(c6)c6cc(-c8ccc(C=C)cc8)ccc6n7-c6ccccc6)cc5)cc43)cc2)cc1. The van der Waals surface area contributed by atoms with Crippen LogP contribution in [0.5, 0.6) is 11.5 Å². The van der Waals surface area contributed by atoms with Crippen LogP contribution in [0.3, 0.4) is 0 Å². The third-order valence-corrected chi connectivity index (χ3v) is 16.7. The molecule has 13 aromatic rings. The Morgan fingerprint density at radius 1 is 0.378 bits per heavy atom. The van der Waals surface area contributed by atoms with Crippen LogP contribution in [0, 0.1) is 13.8 Å². The van der Waals surface area contributed by atoms with Crippen molar-refractivity contribution < 1.29 is 4.74 Å². The van der Waals surface area contributed by atoms with Crippen LogP contribution in [0.15, 0.2) is 292 Å². The summed E-state index contributed by atoms with van der Waals surface area (Å²) in [5, 5.41) is 2.42. The maximum atomic E-state index is 6.47. The molecule has 0 saturated heterocycles. The Kier molecular flexibility index (Phi) is 12.5. The van der Waals surface area contributed by atoms with Gasteiger partial charge in [-0.2, -0.15) is 0 Å². The molecule has 0 bridgehead atoms. The molecule has 1 atom stereocenters. The number of para-hydroxylation sites is 1. The number of hydrogen-bond acceptors (Lipinski definition) is 2. The molecule has 1 heterocycles. The first-order valence-corrected chi connectivity index (χ1v) is 28.1. The third-order valence-electron chi connectivity index (χ3n) is 16.7. The first-order valence-electron chi connectivity index (χ1n) is 28.1. The van der Waals surface area contributed by atoms with Crippen molar-refractivity contribution in [2.24, 2.45) is 0 Å². The van der Waals surface area contributed by atoms with E-state index in [9.17, 15) is 0 Å². The van der Waals surface area contributed by atoms with Gasteiger partial charge in [0.2, 0.25) is 0 Å². The van der Waals surface area contributed by atoms with Gasteiger partial charge in [0, 0.05) is 33.5 Å². The van der Waals surface area contributed by atoms with E-state index in [2.05, 4.69) is 291 Å². The van der Waals surface area contributed by atoms with E-state index in [1.54, 1.807) is 0 Å². The number of aryl methyl sites for hydroxylation is 2. The van der Waals surface area contributed by atoms with Crippen molar-refractivity contribution in [1.82, 2.24) is 4.57 Å². The third kappa shape index (κ3) is 8.63. The maximum absolute atomic E-state index is 6.47. The van der Waals surface area contributed by atoms with Gasteiger partial charge in [0.1, 0.15) is 11.5 Å². The fraction of sp³-hybridized carbons (Fsp3) is 0.0380. The van der Waals surface area contributed by atoms with E-state index in [0.717, 1.165) is 56.5 Å². The van der Waals surface area contributed by atoms with Crippen molar-refractivity contribution in [2.75, 3.05) is 4.90 Å². The average Bonchev–Trinajstić information content (AvgIpc) is 1.94. The molecular formula is C79H58N2O. The van der Waals surface area contributed by atoms with Crippen molar-refractivity contribution in [3.63, 3.8) is 0 Å². The molecule has 0 N–H and O–H groups in total. The summed E-state index contributed by atoms with van der Waals surface area (Å²) in [5.74, 6) is 1.56. The highest BCUT2D eigenvalue weighted by Gasteiger charge is 2.47. The van der Waals surface area contributed by atoms with Crippen LogP contribution >= 0.6 is 0 Å². The Bertz CT molecular complexity index is 4540. The number of benzene rings is 12. The number of ether oxygens (including phenoxy) is 1. The van der Waals surface area contributed by atoms with Gasteiger partial charge < -0.3 is 14.2 Å². The molecule has 0 spiro atoms. The van der Waals surface area contributed by atoms with Gasteiger partial charge in [-0.1, -0.05) is 213 Å². The molecule has 390 valence electrons. The highest BCUT2D eigenvalue weighted by atomic mass is 16.5. The molecule has 14 rings (SSSR count). The molecule has 3 heteroatoms. The Hall–Kier alpha value is -10.5. The first kappa shape index (κ1) is 49.8. The van der Waals surface area contributed by atoms with Crippen molar-refractivity contribution >= 4 is 51.0 Å². The van der Waals surface area contributed by atoms with Gasteiger partial charge in [0.15, 0.2) is 0 Å². The lowest BCUT2D eigenvalue weighted by molar-refractivity contribution is 0.482. The first-order chi connectivity index (χ1) is 40.3. The summed E-state index contributed by atoms with van der Waals surface area (Å²) in [5.41, 5.74) is 25.0. The number of nitrogens with zero attached hydrogens (tertiary/aromatic N) is 2. The van der Waals surface area contributed by atoms with E-state index in [-0.39, 0.29) is 0 Å². The van der Waals surface area contributed by atoms with Crippen LogP contribution in [0.25, 0.3) is 84.2 Å². The molecule has 82 heavy (non-hydrogen) atoms. The van der Waals surface area contributed by atoms with Crippen LogP contribution in [0.1, 0.15) is 44.5 Å². The molecule has 0 aliphatic heterocycles. The van der Waals surface area contributed by atoms with Crippen LogP contribution in [0.2, 0.25) is 0 Å². The zero-order chi connectivity index (χ0) is 55.3. The smallest absolute Gasteiger partial charge is 0.127 e. The molecule has 0 fully saturated rings. The Balaban J connectivity index is 0.912. The predicted molar refractivity (Wildman–Crippen MR) is 345 cm³/mol. The summed E-state index contributed by atoms with van der Waals surface area (Å²) in [6.07, 6.45) is 3.74. The number of rotatable bonds is 13. The molecule has 0 radical (unpaired) electrons. The van der Waals surface area contributed by atoms with E-state index >= 15 is 0 Å². The maximum Gasteiger partial charge on any atom is 0.127 e. The lowest BCUT2D eigenvalue weighted by Crippen LogP contribution is -2.30. The standard InChI is InChI=1S/C79H58N2O/c1-5-55-23-27-59(28-24-55)61-33-47-77-72(50-61)73-51-62(34-48-78(73)81(77)64-17-11-8-12-18-64)60-31-39-66(40-32-60)80(65-37-29-58(30-38-65)57-15-9-7-10-16-57)67-41-46-71-70-19-13-14-20-74(70)79(76(71)52-67,75-49-53(3)21-22-54(75)4)63-35-44-69(45-36-63)82-68-42-25-56(6-2)26-43-68/h5-52H,1-2H2,3-4H3. The zero-order valence-corrected chi connectivity index (χ0v) is 45.9. The summed E-state index contributed by atoms with van der Waals surface area (Å²) < 4.78 is 8.86. The molecule has 1 unspecified atom stereocenters. The Labute approximate surface area is 480 Å². The van der Waals surface area contributed by atoms with Crippen molar-refractivity contribution in [2.45, 2.75) is 19.3 Å². The molecule has 0 saturated carbocycles. The van der Waals surface area contributed by atoms with Gasteiger partial charge in [-0.05, 0) is 194 Å². The second-order valence-corrected chi connectivity index (χ2v) is 21.5. The van der Waals surface area contributed by atoms with Gasteiger partial charge in [-0.3, -0.25) is 0 Å². The highest BCUT2D eigenvalue weighted by Crippen LogP contribution is 2.58. The minimum absolute atomic E-state index is 0.659. The predicted octanol–water partition coefficient (Wildman–Crippen LogP) is 21.3. The minimum Gasteiger partial charge on any atom is -0.457 e. The monoisotopic (exact) mass is 1050 g/mol. The van der Waals surface area contributed by atoms with Crippen LogP contribution in [0.4, 0.5) is 17.1 Å². The van der Waals surface area contributed by atoms with E-state index < -0.39 is 5.41 Å². The highest BCUT2D eigenvalue weighted by molar-refractivity contribution is 6.11. The van der Waals surface area contributed by atoms with E-state index in [4.69, 9.17) is 4.74 Å². The second kappa shape index (κ2) is 20.6. The fourth-order valence-electron chi connectivity index (χ4n) is 12.6. The summed E-state index contributed by atoms with van der Waals surface area (Å²) in [7, 11) is 0. The molecule has 1 aliphatic carbocycles. The average molecular weight is 1050 g/mol. The molecule has 1 aliphatic rings. The number of anilines is 3. The van der Waals surface area contributed by atoms with Gasteiger partial charge in [0.05, 0.1) is 16.4 Å². The zero-order valence-electron chi connectivity index (χ0n) is 45.9. The Morgan fingerprint density at radius 3 is 1.45 bits per heavy atom. The van der Waals surface area contributed by atoms with E-state index in [1.807, 2.05) is 36.4 Å². The fourth-order valence-corrected chi connectivity index (χ4v) is 12.6. The van der Waals surface area contributed by atoms with Gasteiger partial charge in [0.25, 0.3) is 0 Å². The lowest BCUT2D eigenvalue weighted by atomic mass is 9.66. The van der Waals surface area contributed by atoms with Crippen molar-refractivity contribution in [1.29, 1.82) is 0 Å². The summed E-state index contributed by atoms with van der Waals surface area (Å²) in [6.45, 7) is 12.4. The van der Waals surface area contributed by atoms with Gasteiger partial charge >= 0.3 is 0 Å². The quantitative estimate of drug-likeness (QED) is 0.114. The van der Waals surface area contributed by atoms with E-state index in [1.165, 1.54) is 88.6 Å². The van der Waals surface area contributed by atoms with Gasteiger partial charge in [-0.15, -0.1) is 0 Å². The number of hydrogen-bond donors (Lipinski definition) is 0. The summed E-state index contributed by atoms with van der Waals surface area (Å²) in [4.78, 5) is 2.42. The largest absolute Gasteiger partial charge is 0.457 e. The molecule has 3 nitrogen and oxygen atoms in total. The van der Waals surface area contributed by atoms with Gasteiger partial charge in [-0.25, -0.2) is 0 Å². The molecule has 12 aromatic carbocycles. The lowest BCUT2D eigenvalue weighted by Gasteiger charge is -2.36. The normalized spacial score (nSPS) is 13.4. The summed E-state index contributed by atoms with van der Waals surface area (Å²) in [6, 6.07) is 102. The number of fused-ring (bicyclic) bond motifs is 6. The van der Waals surface area contributed by atoms with Crippen LogP contribution < -0.4 is 9.64 Å². The topological polar surface area (TPSA) is 17.4 Å². The van der Waals surface area contributed by atoms with E-state index in [0.29, 0.717) is 0 Å². The van der Waals surface area contributed by atoms with Crippen molar-refractivity contribution in [3.05, 3.63) is 337 Å². The second-order valence-electron chi connectivity index (χ2n) is 21.5. The number of aromatic nitrogens is 1. The Morgan fingerprint density at radius 2 is 0.854 bits per heavy atom. The molecular weight excluding hydrogens is 993 g/mol. The summed E-state index contributed by atoms with van der Waals surface area (Å²) >= 11 is 0. The molecule has 1 aromatic heterocycles. The van der Waals surface area contributed by atoms with Crippen LogP contribution in [-0.2, 0) is 5.41 Å². The minimum atomic E-state index is -0.659.